The summed E-state index contributed by atoms with van der Waals surface area (Å²) >= 11 is 1.77. The highest BCUT2D eigenvalue weighted by Crippen LogP contribution is 2.37. The maximum Gasteiger partial charge on any atom is 0.225 e. The van der Waals surface area contributed by atoms with Crippen molar-refractivity contribution in [1.29, 1.82) is 5.26 Å². The predicted octanol–water partition coefficient (Wildman–Crippen LogP) is 2.81. The third-order valence-corrected chi connectivity index (χ3v) is 6.93. The highest BCUT2D eigenvalue weighted by molar-refractivity contribution is 7.15. The molecule has 1 atom stereocenters. The predicted molar refractivity (Wildman–Crippen MR) is 97.2 cm³/mol. The minimum Gasteiger partial charge on any atom is -0.356 e. The number of rotatable bonds is 5. The van der Waals surface area contributed by atoms with Crippen molar-refractivity contribution in [3.63, 3.8) is 0 Å². The van der Waals surface area contributed by atoms with Gasteiger partial charge >= 0.3 is 0 Å². The van der Waals surface area contributed by atoms with E-state index in [0.29, 0.717) is 18.4 Å². The highest BCUT2D eigenvalue weighted by Gasteiger charge is 2.41. The van der Waals surface area contributed by atoms with Gasteiger partial charge in [0.25, 0.3) is 0 Å². The van der Waals surface area contributed by atoms with E-state index in [1.807, 2.05) is 17.3 Å². The smallest absolute Gasteiger partial charge is 0.225 e. The number of amides is 1. The monoisotopic (exact) mass is 359 g/mol. The molecule has 2 saturated carbocycles. The summed E-state index contributed by atoms with van der Waals surface area (Å²) in [5.74, 6) is 0.907. The van der Waals surface area contributed by atoms with Gasteiger partial charge in [-0.25, -0.2) is 4.98 Å². The molecule has 1 saturated heterocycles. The lowest BCUT2D eigenvalue weighted by atomic mass is 9.86. The molecule has 6 nitrogen and oxygen atoms in total. The topological polar surface area (TPSA) is 81.1 Å². The van der Waals surface area contributed by atoms with E-state index in [9.17, 15) is 4.79 Å². The van der Waals surface area contributed by atoms with Crippen molar-refractivity contribution < 1.29 is 4.79 Å². The lowest BCUT2D eigenvalue weighted by Gasteiger charge is -2.40. The quantitative estimate of drug-likeness (QED) is 0.624. The van der Waals surface area contributed by atoms with Gasteiger partial charge in [-0.2, -0.15) is 5.26 Å². The molecule has 1 aliphatic heterocycles. The molecule has 1 aromatic heterocycles. The summed E-state index contributed by atoms with van der Waals surface area (Å²) in [5.41, 5.74) is 0. The number of nitriles is 1. The highest BCUT2D eigenvalue weighted by atomic mass is 32.1. The molecule has 3 fully saturated rings. The number of thiazole rings is 1. The number of hydrogen-bond donors (Lipinski definition) is 2. The van der Waals surface area contributed by atoms with Gasteiger partial charge < -0.3 is 15.5 Å². The molecule has 0 bridgehead atoms. The van der Waals surface area contributed by atoms with Gasteiger partial charge in [-0.1, -0.05) is 19.3 Å². The zero-order valence-electron chi connectivity index (χ0n) is 14.4. The number of hydrogen-bond acceptors (Lipinski definition) is 6. The zero-order valence-corrected chi connectivity index (χ0v) is 15.2. The van der Waals surface area contributed by atoms with Gasteiger partial charge in [0.2, 0.25) is 5.91 Å². The molecule has 2 N–H and O–H groups in total. The molecular weight excluding hydrogens is 334 g/mol. The van der Waals surface area contributed by atoms with Gasteiger partial charge in [-0.05, 0) is 31.6 Å². The van der Waals surface area contributed by atoms with Crippen molar-refractivity contribution in [3.8, 4) is 6.19 Å². The largest absolute Gasteiger partial charge is 0.356 e. The Labute approximate surface area is 152 Å². The normalized spacial score (nSPS) is 30.0. The molecule has 0 aromatic carbocycles. The van der Waals surface area contributed by atoms with E-state index in [-0.39, 0.29) is 18.0 Å². The van der Waals surface area contributed by atoms with Crippen LogP contribution in [0.4, 0.5) is 5.13 Å². The third-order valence-electron chi connectivity index (χ3n) is 5.84. The number of anilines is 1. The number of likely N-dealkylation sites (tertiary alicyclic amines) is 1. The van der Waals surface area contributed by atoms with Gasteiger partial charge in [0, 0.05) is 36.1 Å². The molecule has 2 aliphatic carbocycles. The first kappa shape index (κ1) is 16.6. The first-order chi connectivity index (χ1) is 12.2. The van der Waals surface area contributed by atoms with Gasteiger partial charge in [0.1, 0.15) is 0 Å². The molecule has 1 amide bonds. The first-order valence-electron chi connectivity index (χ1n) is 9.39. The number of aromatic nitrogens is 1. The van der Waals surface area contributed by atoms with Gasteiger partial charge in [0.15, 0.2) is 11.3 Å². The summed E-state index contributed by atoms with van der Waals surface area (Å²) in [6.45, 7) is 0.751. The molecule has 1 aromatic rings. The van der Waals surface area contributed by atoms with Crippen LogP contribution in [0.2, 0.25) is 0 Å². The van der Waals surface area contributed by atoms with Crippen LogP contribution >= 0.6 is 11.3 Å². The molecule has 0 spiro atoms. The van der Waals surface area contributed by atoms with Crippen molar-refractivity contribution in [2.45, 2.75) is 75.4 Å². The fraction of sp³-hybridized carbons (Fsp3) is 0.722. The van der Waals surface area contributed by atoms with Gasteiger partial charge in [0.05, 0.1) is 6.04 Å². The van der Waals surface area contributed by atoms with Crippen LogP contribution in [0.25, 0.3) is 0 Å². The minimum absolute atomic E-state index is 0.154. The number of carbonyl (C=O) groups excluding carboxylic acids is 1. The van der Waals surface area contributed by atoms with Crippen molar-refractivity contribution in [2.75, 3.05) is 11.9 Å². The fourth-order valence-corrected chi connectivity index (χ4v) is 5.40. The van der Waals surface area contributed by atoms with Crippen molar-refractivity contribution in [3.05, 3.63) is 11.1 Å². The molecule has 0 unspecified atom stereocenters. The van der Waals surface area contributed by atoms with E-state index < -0.39 is 0 Å². The Hall–Kier alpha value is -1.81. The average molecular weight is 359 g/mol. The van der Waals surface area contributed by atoms with Gasteiger partial charge in [-0.3, -0.25) is 4.79 Å². The number of nitrogens with one attached hydrogen (secondary N) is 2. The van der Waals surface area contributed by atoms with Crippen molar-refractivity contribution >= 4 is 22.4 Å². The molecule has 7 heteroatoms. The van der Waals surface area contributed by atoms with E-state index in [4.69, 9.17) is 5.26 Å². The van der Waals surface area contributed by atoms with Gasteiger partial charge in [-0.15, -0.1) is 11.3 Å². The summed E-state index contributed by atoms with van der Waals surface area (Å²) < 4.78 is 0. The van der Waals surface area contributed by atoms with Crippen molar-refractivity contribution in [2.24, 2.45) is 0 Å². The number of carbonyl (C=O) groups is 1. The number of nitrogens with zero attached hydrogens (tertiary/aromatic N) is 3. The van der Waals surface area contributed by atoms with E-state index in [2.05, 4.69) is 15.6 Å². The molecule has 4 rings (SSSR count). The zero-order chi connectivity index (χ0) is 17.2. The summed E-state index contributed by atoms with van der Waals surface area (Å²) in [6, 6.07) is 0.687. The van der Waals surface area contributed by atoms with Crippen LogP contribution in [-0.2, 0) is 4.79 Å². The van der Waals surface area contributed by atoms with Crippen LogP contribution in [0.15, 0.2) is 6.20 Å². The van der Waals surface area contributed by atoms with E-state index in [0.717, 1.165) is 24.5 Å². The second-order valence-electron chi connectivity index (χ2n) is 7.57. The van der Waals surface area contributed by atoms with Crippen LogP contribution in [0.5, 0.6) is 0 Å². The minimum atomic E-state index is 0.154. The first-order valence-corrected chi connectivity index (χ1v) is 10.2. The van der Waals surface area contributed by atoms with Crippen LogP contribution in [0.1, 0.15) is 62.2 Å². The van der Waals surface area contributed by atoms with E-state index in [1.54, 1.807) is 11.3 Å². The Morgan fingerprint density at radius 3 is 2.80 bits per heavy atom. The Morgan fingerprint density at radius 2 is 2.04 bits per heavy atom. The van der Waals surface area contributed by atoms with E-state index in [1.165, 1.54) is 37.0 Å². The van der Waals surface area contributed by atoms with Crippen molar-refractivity contribution in [1.82, 2.24) is 15.2 Å². The maximum atomic E-state index is 12.3. The molecule has 25 heavy (non-hydrogen) atoms. The molecular formula is C18H25N5OS. The lowest BCUT2D eigenvalue weighted by molar-refractivity contribution is -0.131. The summed E-state index contributed by atoms with van der Waals surface area (Å²) in [4.78, 5) is 20.2. The lowest BCUT2D eigenvalue weighted by Crippen LogP contribution is -2.52. The summed E-state index contributed by atoms with van der Waals surface area (Å²) in [7, 11) is 0. The Kier molecular flexibility index (Phi) is 4.80. The summed E-state index contributed by atoms with van der Waals surface area (Å²) in [5, 5.41) is 15.9. The maximum absolute atomic E-state index is 12.3. The molecule has 3 aliphatic rings. The van der Waals surface area contributed by atoms with Crippen LogP contribution < -0.4 is 10.6 Å². The second-order valence-corrected chi connectivity index (χ2v) is 8.63. The Balaban J connectivity index is 1.30. The molecule has 0 radical (unpaired) electrons. The fourth-order valence-electron chi connectivity index (χ4n) is 4.34. The third kappa shape index (κ3) is 3.59. The molecule has 134 valence electrons. The second kappa shape index (κ2) is 7.20. The molecule has 2 heterocycles. The van der Waals surface area contributed by atoms with E-state index >= 15 is 0 Å². The Bertz CT molecular complexity index is 657. The van der Waals surface area contributed by atoms with Crippen LogP contribution in [0.3, 0.4) is 0 Å². The van der Waals surface area contributed by atoms with Crippen LogP contribution in [-0.4, -0.2) is 40.5 Å². The van der Waals surface area contributed by atoms with Crippen LogP contribution in [0, 0.1) is 11.5 Å². The SMILES string of the molecule is N#CN[C@H]1C[C@H](N2C[C@H](Nc3ncc(C4CCCCC4)s3)CC2=O)C1. The average Bonchev–Trinajstić information content (AvgIpc) is 3.19. The standard InChI is InChI=1S/C18H25N5OS/c19-11-21-13-6-15(7-13)23-10-14(8-17(23)24)22-18-20-9-16(25-18)12-4-2-1-3-5-12/h9,12-15,21H,1-8,10H2,(H,20,22)/t13-,14-,15-/m1/s1. The summed E-state index contributed by atoms with van der Waals surface area (Å²) in [6.07, 6.45) is 12.9. The Morgan fingerprint density at radius 1 is 1.24 bits per heavy atom.